The predicted molar refractivity (Wildman–Crippen MR) is 77.5 cm³/mol. The fourth-order valence-electron chi connectivity index (χ4n) is 1.42. The molecule has 0 aliphatic rings. The lowest BCUT2D eigenvalue weighted by atomic mass is 10.2. The van der Waals surface area contributed by atoms with Crippen LogP contribution in [0.2, 0.25) is 0 Å². The summed E-state index contributed by atoms with van der Waals surface area (Å²) in [5.41, 5.74) is 3.88. The van der Waals surface area contributed by atoms with E-state index in [2.05, 4.69) is 15.5 Å². The van der Waals surface area contributed by atoms with Crippen LogP contribution in [-0.2, 0) is 0 Å². The van der Waals surface area contributed by atoms with Crippen molar-refractivity contribution in [3.63, 3.8) is 0 Å². The number of hydrogen-bond donors (Lipinski definition) is 1. The van der Waals surface area contributed by atoms with E-state index >= 15 is 0 Å². The normalized spacial score (nSPS) is 10.6. The van der Waals surface area contributed by atoms with Gasteiger partial charge in [0, 0.05) is 17.3 Å². The van der Waals surface area contributed by atoms with E-state index in [1.165, 1.54) is 11.1 Å². The lowest BCUT2D eigenvalue weighted by Gasteiger charge is -1.99. The van der Waals surface area contributed by atoms with Gasteiger partial charge in [0.2, 0.25) is 0 Å². The molecule has 0 saturated carbocycles. The molecule has 0 aliphatic heterocycles. The average molecular weight is 271 g/mol. The van der Waals surface area contributed by atoms with Crippen LogP contribution in [0.5, 0.6) is 0 Å². The molecule has 2 rings (SSSR count). The molecule has 4 nitrogen and oxygen atoms in total. The van der Waals surface area contributed by atoms with E-state index in [0.29, 0.717) is 5.56 Å². The van der Waals surface area contributed by atoms with Crippen molar-refractivity contribution >= 4 is 23.9 Å². The third-order valence-electron chi connectivity index (χ3n) is 2.42. The molecule has 1 aromatic heterocycles. The SMILES string of the molecule is CSc1ccc(/C=N\NC(=O)c2cccnc2)cc1. The fourth-order valence-corrected chi connectivity index (χ4v) is 1.83. The van der Waals surface area contributed by atoms with Gasteiger partial charge in [-0.15, -0.1) is 11.8 Å². The number of amides is 1. The highest BCUT2D eigenvalue weighted by Crippen LogP contribution is 2.13. The number of pyridine rings is 1. The molecule has 19 heavy (non-hydrogen) atoms. The molecule has 1 N–H and O–H groups in total. The first-order valence-electron chi connectivity index (χ1n) is 5.67. The Bertz CT molecular complexity index is 567. The summed E-state index contributed by atoms with van der Waals surface area (Å²) in [5.74, 6) is -0.273. The third-order valence-corrected chi connectivity index (χ3v) is 3.16. The van der Waals surface area contributed by atoms with Crippen molar-refractivity contribution in [2.24, 2.45) is 5.10 Å². The summed E-state index contributed by atoms with van der Waals surface area (Å²) >= 11 is 1.68. The number of carbonyl (C=O) groups is 1. The van der Waals surface area contributed by atoms with Crippen LogP contribution in [0.25, 0.3) is 0 Å². The summed E-state index contributed by atoms with van der Waals surface area (Å²) in [6.07, 6.45) is 6.75. The van der Waals surface area contributed by atoms with E-state index in [0.717, 1.165) is 5.56 Å². The van der Waals surface area contributed by atoms with Gasteiger partial charge in [-0.3, -0.25) is 9.78 Å². The first-order valence-corrected chi connectivity index (χ1v) is 6.89. The molecule has 5 heteroatoms. The van der Waals surface area contributed by atoms with Crippen molar-refractivity contribution in [1.82, 2.24) is 10.4 Å². The van der Waals surface area contributed by atoms with E-state index in [1.807, 2.05) is 30.5 Å². The second kappa shape index (κ2) is 6.70. The molecule has 0 unspecified atom stereocenters. The summed E-state index contributed by atoms with van der Waals surface area (Å²) in [6, 6.07) is 11.3. The molecule has 0 saturated heterocycles. The average Bonchev–Trinajstić information content (AvgIpc) is 2.49. The standard InChI is InChI=1S/C14H13N3OS/c1-19-13-6-4-11(5-7-13)9-16-17-14(18)12-3-2-8-15-10-12/h2-10H,1H3,(H,17,18)/b16-9-. The molecule has 0 radical (unpaired) electrons. The highest BCUT2D eigenvalue weighted by Gasteiger charge is 2.02. The fraction of sp³-hybridized carbons (Fsp3) is 0.0714. The molecule has 96 valence electrons. The first kappa shape index (κ1) is 13.3. The van der Waals surface area contributed by atoms with E-state index in [4.69, 9.17) is 0 Å². The first-order chi connectivity index (χ1) is 9.29. The van der Waals surface area contributed by atoms with Crippen LogP contribution in [0.4, 0.5) is 0 Å². The van der Waals surface area contributed by atoms with Gasteiger partial charge in [0.15, 0.2) is 0 Å². The van der Waals surface area contributed by atoms with Crippen LogP contribution in [0.3, 0.4) is 0 Å². The van der Waals surface area contributed by atoms with Gasteiger partial charge in [0.25, 0.3) is 5.91 Å². The number of thioether (sulfide) groups is 1. The summed E-state index contributed by atoms with van der Waals surface area (Å²) in [4.78, 5) is 16.7. The third kappa shape index (κ3) is 3.93. The van der Waals surface area contributed by atoms with Crippen molar-refractivity contribution < 1.29 is 4.79 Å². The zero-order valence-corrected chi connectivity index (χ0v) is 11.2. The van der Waals surface area contributed by atoms with Crippen molar-refractivity contribution in [2.75, 3.05) is 6.26 Å². The highest BCUT2D eigenvalue weighted by molar-refractivity contribution is 7.98. The quantitative estimate of drug-likeness (QED) is 0.528. The largest absolute Gasteiger partial charge is 0.272 e. The maximum absolute atomic E-state index is 11.7. The number of nitrogens with zero attached hydrogens (tertiary/aromatic N) is 2. The molecule has 0 atom stereocenters. The van der Waals surface area contributed by atoms with Crippen LogP contribution >= 0.6 is 11.8 Å². The number of carbonyl (C=O) groups excluding carboxylic acids is 1. The van der Waals surface area contributed by atoms with Gasteiger partial charge in [-0.05, 0) is 36.1 Å². The Labute approximate surface area is 116 Å². The Morgan fingerprint density at radius 2 is 2.11 bits per heavy atom. The summed E-state index contributed by atoms with van der Waals surface area (Å²) in [5, 5.41) is 3.91. The number of hydrazone groups is 1. The van der Waals surface area contributed by atoms with E-state index < -0.39 is 0 Å². The maximum Gasteiger partial charge on any atom is 0.272 e. The molecule has 1 aromatic carbocycles. The molecule has 2 aromatic rings. The Balaban J connectivity index is 1.94. The lowest BCUT2D eigenvalue weighted by molar-refractivity contribution is 0.0955. The Kier molecular flexibility index (Phi) is 4.69. The van der Waals surface area contributed by atoms with Crippen molar-refractivity contribution in [3.8, 4) is 0 Å². The second-order valence-corrected chi connectivity index (χ2v) is 4.59. The topological polar surface area (TPSA) is 54.4 Å². The zero-order valence-electron chi connectivity index (χ0n) is 10.4. The number of benzene rings is 1. The molecule has 0 bridgehead atoms. The summed E-state index contributed by atoms with van der Waals surface area (Å²) < 4.78 is 0. The van der Waals surface area contributed by atoms with Gasteiger partial charge < -0.3 is 0 Å². The molecular weight excluding hydrogens is 258 g/mol. The van der Waals surface area contributed by atoms with Gasteiger partial charge in [0.05, 0.1) is 11.8 Å². The van der Waals surface area contributed by atoms with Crippen LogP contribution in [-0.4, -0.2) is 23.4 Å². The van der Waals surface area contributed by atoms with E-state index in [9.17, 15) is 4.79 Å². The van der Waals surface area contributed by atoms with Gasteiger partial charge in [-0.1, -0.05) is 12.1 Å². The molecule has 1 amide bonds. The Morgan fingerprint density at radius 3 is 2.74 bits per heavy atom. The molecule has 0 spiro atoms. The smallest absolute Gasteiger partial charge is 0.267 e. The van der Waals surface area contributed by atoms with Crippen LogP contribution in [0, 0.1) is 0 Å². The zero-order chi connectivity index (χ0) is 13.5. The Hall–Kier alpha value is -2.14. The van der Waals surface area contributed by atoms with E-state index in [-0.39, 0.29) is 5.91 Å². The van der Waals surface area contributed by atoms with Crippen LogP contribution in [0.15, 0.2) is 58.8 Å². The lowest BCUT2D eigenvalue weighted by Crippen LogP contribution is -2.17. The number of hydrogen-bond acceptors (Lipinski definition) is 4. The molecular formula is C14H13N3OS. The molecule has 0 aliphatic carbocycles. The van der Waals surface area contributed by atoms with E-state index in [1.54, 1.807) is 36.3 Å². The maximum atomic E-state index is 11.7. The number of rotatable bonds is 4. The van der Waals surface area contributed by atoms with Gasteiger partial charge in [0.1, 0.15) is 0 Å². The van der Waals surface area contributed by atoms with Crippen molar-refractivity contribution in [2.45, 2.75) is 4.90 Å². The second-order valence-electron chi connectivity index (χ2n) is 3.71. The van der Waals surface area contributed by atoms with Crippen LogP contribution < -0.4 is 5.43 Å². The van der Waals surface area contributed by atoms with Gasteiger partial charge in [-0.25, -0.2) is 5.43 Å². The minimum atomic E-state index is -0.273. The minimum absolute atomic E-state index is 0.273. The summed E-state index contributed by atoms with van der Waals surface area (Å²) in [7, 11) is 0. The van der Waals surface area contributed by atoms with Crippen LogP contribution in [0.1, 0.15) is 15.9 Å². The molecule has 0 fully saturated rings. The predicted octanol–water partition coefficient (Wildman–Crippen LogP) is 2.57. The monoisotopic (exact) mass is 271 g/mol. The van der Waals surface area contributed by atoms with Crippen molar-refractivity contribution in [1.29, 1.82) is 0 Å². The highest BCUT2D eigenvalue weighted by atomic mass is 32.2. The minimum Gasteiger partial charge on any atom is -0.267 e. The molecule has 1 heterocycles. The van der Waals surface area contributed by atoms with Gasteiger partial charge in [-0.2, -0.15) is 5.10 Å². The number of aromatic nitrogens is 1. The van der Waals surface area contributed by atoms with Crippen molar-refractivity contribution in [3.05, 3.63) is 59.9 Å². The number of nitrogens with one attached hydrogen (secondary N) is 1. The summed E-state index contributed by atoms with van der Waals surface area (Å²) in [6.45, 7) is 0. The van der Waals surface area contributed by atoms with Gasteiger partial charge >= 0.3 is 0 Å². The Morgan fingerprint density at radius 1 is 1.32 bits per heavy atom.